The molecule has 0 saturated carbocycles. The molecule has 0 unspecified atom stereocenters. The van der Waals surface area contributed by atoms with Crippen LogP contribution in [-0.2, 0) is 11.3 Å². The number of rotatable bonds is 4. The Morgan fingerprint density at radius 1 is 0.962 bits per heavy atom. The molecule has 1 amide bonds. The first-order chi connectivity index (χ1) is 12.7. The fourth-order valence-electron chi connectivity index (χ4n) is 3.73. The average Bonchev–Trinajstić information content (AvgIpc) is 2.97. The van der Waals surface area contributed by atoms with E-state index in [0.29, 0.717) is 12.5 Å². The number of nitrogens with one attached hydrogen (secondary N) is 2. The van der Waals surface area contributed by atoms with E-state index in [0.717, 1.165) is 63.8 Å². The van der Waals surface area contributed by atoms with Crippen molar-refractivity contribution in [1.82, 2.24) is 15.1 Å². The Morgan fingerprint density at radius 3 is 2.27 bits per heavy atom. The molecule has 0 atom stereocenters. The van der Waals surface area contributed by atoms with E-state index in [1.165, 1.54) is 23.3 Å². The summed E-state index contributed by atoms with van der Waals surface area (Å²) in [6.45, 7) is 7.10. The number of carbonyl (C=O) groups is 1. The molecule has 2 aliphatic rings. The van der Waals surface area contributed by atoms with Crippen LogP contribution >= 0.6 is 12.2 Å². The van der Waals surface area contributed by atoms with Crippen LogP contribution in [0.5, 0.6) is 0 Å². The van der Waals surface area contributed by atoms with Crippen LogP contribution in [0.25, 0.3) is 0 Å². The van der Waals surface area contributed by atoms with Gasteiger partial charge < -0.3 is 20.0 Å². The number of piperazine rings is 1. The van der Waals surface area contributed by atoms with Gasteiger partial charge in [0.05, 0.1) is 26.2 Å². The average molecular weight is 376 g/mol. The largest absolute Gasteiger partial charge is 0.358 e. The summed E-state index contributed by atoms with van der Waals surface area (Å²) in [5, 5.41) is 4.18. The molecule has 0 aromatic heterocycles. The molecule has 2 heterocycles. The van der Waals surface area contributed by atoms with E-state index in [9.17, 15) is 4.79 Å². The van der Waals surface area contributed by atoms with Crippen LogP contribution in [0.4, 0.5) is 0 Å². The molecule has 0 aliphatic carbocycles. The van der Waals surface area contributed by atoms with Crippen molar-refractivity contribution in [2.24, 2.45) is 0 Å². The SMILES string of the molecule is O=C(C[NH+]1CCN(C(=S)NCc2ccccc2)CC1)N1CCCCCC1. The van der Waals surface area contributed by atoms with Gasteiger partial charge in [0.1, 0.15) is 0 Å². The number of hydrogen-bond donors (Lipinski definition) is 2. The number of nitrogens with zero attached hydrogens (tertiary/aromatic N) is 2. The first-order valence-corrected chi connectivity index (χ1v) is 10.3. The lowest BCUT2D eigenvalue weighted by atomic mass is 10.2. The predicted octanol–water partition coefficient (Wildman–Crippen LogP) is 0.664. The molecule has 3 rings (SSSR count). The van der Waals surface area contributed by atoms with Crippen LogP contribution in [0.2, 0.25) is 0 Å². The van der Waals surface area contributed by atoms with Crippen LogP contribution in [0.3, 0.4) is 0 Å². The quantitative estimate of drug-likeness (QED) is 0.759. The van der Waals surface area contributed by atoms with Gasteiger partial charge in [-0.05, 0) is 30.6 Å². The molecule has 1 aromatic carbocycles. The lowest BCUT2D eigenvalue weighted by Gasteiger charge is -2.34. The summed E-state index contributed by atoms with van der Waals surface area (Å²) in [5.74, 6) is 0.333. The minimum Gasteiger partial charge on any atom is -0.358 e. The maximum absolute atomic E-state index is 12.5. The van der Waals surface area contributed by atoms with Gasteiger partial charge in [-0.2, -0.15) is 0 Å². The molecule has 2 aliphatic heterocycles. The summed E-state index contributed by atoms with van der Waals surface area (Å²) in [6.07, 6.45) is 4.86. The van der Waals surface area contributed by atoms with E-state index < -0.39 is 0 Å². The van der Waals surface area contributed by atoms with Gasteiger partial charge in [0, 0.05) is 19.6 Å². The second-order valence-corrected chi connectivity index (χ2v) is 7.74. The van der Waals surface area contributed by atoms with E-state index in [1.807, 2.05) is 18.2 Å². The van der Waals surface area contributed by atoms with Crippen molar-refractivity contribution < 1.29 is 9.69 Å². The maximum atomic E-state index is 12.5. The molecule has 5 nitrogen and oxygen atoms in total. The number of hydrogen-bond acceptors (Lipinski definition) is 2. The fraction of sp³-hybridized carbons (Fsp3) is 0.600. The van der Waals surface area contributed by atoms with Gasteiger partial charge in [-0.25, -0.2) is 0 Å². The Labute approximate surface area is 162 Å². The second kappa shape index (κ2) is 9.88. The molecule has 0 bridgehead atoms. The Bertz CT molecular complexity index is 579. The van der Waals surface area contributed by atoms with Gasteiger partial charge in [-0.15, -0.1) is 0 Å². The zero-order valence-corrected chi connectivity index (χ0v) is 16.4. The number of benzene rings is 1. The number of likely N-dealkylation sites (tertiary alicyclic amines) is 1. The third-order valence-electron chi connectivity index (χ3n) is 5.40. The normalized spacial score (nSPS) is 19.1. The van der Waals surface area contributed by atoms with E-state index >= 15 is 0 Å². The van der Waals surface area contributed by atoms with E-state index in [2.05, 4.69) is 27.2 Å². The lowest BCUT2D eigenvalue weighted by Crippen LogP contribution is -3.15. The summed E-state index contributed by atoms with van der Waals surface area (Å²) < 4.78 is 0. The van der Waals surface area contributed by atoms with Crippen molar-refractivity contribution in [3.63, 3.8) is 0 Å². The standard InChI is InChI=1S/C20H30N4OS/c25-19(23-10-6-1-2-7-11-23)17-22-12-14-24(15-13-22)20(26)21-16-18-8-4-3-5-9-18/h3-5,8-9H,1-2,6-7,10-17H2,(H,21,26)/p+1. The maximum Gasteiger partial charge on any atom is 0.277 e. The van der Waals surface area contributed by atoms with Gasteiger partial charge >= 0.3 is 0 Å². The zero-order chi connectivity index (χ0) is 18.2. The number of thiocarbonyl (C=S) groups is 1. The Hall–Kier alpha value is -1.66. The van der Waals surface area contributed by atoms with Crippen molar-refractivity contribution in [2.45, 2.75) is 32.2 Å². The van der Waals surface area contributed by atoms with Crippen molar-refractivity contribution >= 4 is 23.2 Å². The molecule has 2 fully saturated rings. The Kier molecular flexibility index (Phi) is 7.26. The molecule has 6 heteroatoms. The molecule has 142 valence electrons. The van der Waals surface area contributed by atoms with Gasteiger partial charge in [-0.1, -0.05) is 43.2 Å². The highest BCUT2D eigenvalue weighted by molar-refractivity contribution is 7.80. The Morgan fingerprint density at radius 2 is 1.62 bits per heavy atom. The van der Waals surface area contributed by atoms with Crippen LogP contribution < -0.4 is 10.2 Å². The topological polar surface area (TPSA) is 40.0 Å². The van der Waals surface area contributed by atoms with Crippen molar-refractivity contribution in [3.05, 3.63) is 35.9 Å². The summed E-state index contributed by atoms with van der Waals surface area (Å²) in [7, 11) is 0. The van der Waals surface area contributed by atoms with Gasteiger partial charge in [-0.3, -0.25) is 4.79 Å². The van der Waals surface area contributed by atoms with Crippen LogP contribution in [0.15, 0.2) is 30.3 Å². The predicted molar refractivity (Wildman–Crippen MR) is 108 cm³/mol. The summed E-state index contributed by atoms with van der Waals surface area (Å²) in [6, 6.07) is 10.3. The van der Waals surface area contributed by atoms with E-state index in [4.69, 9.17) is 12.2 Å². The third-order valence-corrected chi connectivity index (χ3v) is 5.81. The van der Waals surface area contributed by atoms with Gasteiger partial charge in [0.2, 0.25) is 0 Å². The van der Waals surface area contributed by atoms with E-state index in [1.54, 1.807) is 0 Å². The van der Waals surface area contributed by atoms with Gasteiger partial charge in [0.15, 0.2) is 11.7 Å². The molecule has 0 radical (unpaired) electrons. The molecule has 1 aromatic rings. The van der Waals surface area contributed by atoms with Crippen molar-refractivity contribution in [3.8, 4) is 0 Å². The minimum atomic E-state index is 0.333. The highest BCUT2D eigenvalue weighted by Crippen LogP contribution is 2.09. The second-order valence-electron chi connectivity index (χ2n) is 7.35. The Balaban J connectivity index is 1.38. The van der Waals surface area contributed by atoms with E-state index in [-0.39, 0.29) is 0 Å². The molecular formula is C20H31N4OS+. The summed E-state index contributed by atoms with van der Waals surface area (Å²) in [4.78, 5) is 18.3. The molecule has 2 N–H and O–H groups in total. The summed E-state index contributed by atoms with van der Waals surface area (Å²) in [5.41, 5.74) is 1.24. The number of carbonyl (C=O) groups excluding carboxylic acids is 1. The highest BCUT2D eigenvalue weighted by Gasteiger charge is 2.26. The number of amides is 1. The van der Waals surface area contributed by atoms with Crippen molar-refractivity contribution in [1.29, 1.82) is 0 Å². The first kappa shape index (κ1) is 19.1. The highest BCUT2D eigenvalue weighted by atomic mass is 32.1. The third kappa shape index (κ3) is 5.68. The molecule has 26 heavy (non-hydrogen) atoms. The molecule has 2 saturated heterocycles. The monoisotopic (exact) mass is 375 g/mol. The first-order valence-electron chi connectivity index (χ1n) is 9.90. The van der Waals surface area contributed by atoms with Crippen LogP contribution in [0.1, 0.15) is 31.2 Å². The smallest absolute Gasteiger partial charge is 0.277 e. The van der Waals surface area contributed by atoms with Crippen molar-refractivity contribution in [2.75, 3.05) is 45.8 Å². The summed E-state index contributed by atoms with van der Waals surface area (Å²) >= 11 is 5.55. The van der Waals surface area contributed by atoms with Crippen LogP contribution in [-0.4, -0.2) is 66.6 Å². The number of quaternary nitrogens is 1. The fourth-order valence-corrected chi connectivity index (χ4v) is 3.99. The zero-order valence-electron chi connectivity index (χ0n) is 15.6. The minimum absolute atomic E-state index is 0.333. The molecular weight excluding hydrogens is 344 g/mol. The molecule has 0 spiro atoms. The lowest BCUT2D eigenvalue weighted by molar-refractivity contribution is -0.896. The van der Waals surface area contributed by atoms with Crippen LogP contribution in [0, 0.1) is 0 Å². The van der Waals surface area contributed by atoms with Gasteiger partial charge in [0.25, 0.3) is 5.91 Å².